The Morgan fingerprint density at radius 2 is 2.00 bits per heavy atom. The summed E-state index contributed by atoms with van der Waals surface area (Å²) in [6.45, 7) is 0. The van der Waals surface area contributed by atoms with Crippen molar-refractivity contribution in [1.29, 1.82) is 0 Å². The molecule has 0 radical (unpaired) electrons. The number of hydrogen-bond acceptors (Lipinski definition) is 1. The topological polar surface area (TPSA) is 12.4 Å². The molecule has 0 unspecified atom stereocenters. The number of alkyl halides is 3. The molecule has 0 fully saturated rings. The van der Waals surface area contributed by atoms with E-state index in [1.165, 1.54) is 6.07 Å². The molecule has 1 heterocycles. The van der Waals surface area contributed by atoms with Crippen LogP contribution in [0.3, 0.4) is 0 Å². The van der Waals surface area contributed by atoms with Gasteiger partial charge in [0, 0.05) is 12.6 Å². The molecule has 0 saturated carbocycles. The second-order valence-corrected chi connectivity index (χ2v) is 2.86. The van der Waals surface area contributed by atoms with Gasteiger partial charge in [0.05, 0.1) is 11.3 Å². The summed E-state index contributed by atoms with van der Waals surface area (Å²) < 4.78 is 36.6. The summed E-state index contributed by atoms with van der Waals surface area (Å²) in [5, 5.41) is 0. The summed E-state index contributed by atoms with van der Waals surface area (Å²) in [6, 6.07) is 3.65. The van der Waals surface area contributed by atoms with Crippen LogP contribution in [0, 0.1) is 0 Å². The Labute approximate surface area is 72.9 Å². The largest absolute Gasteiger partial charge is 0.416 e. The average Bonchev–Trinajstić information content (AvgIpc) is 2.47. The minimum atomic E-state index is -4.27. The van der Waals surface area contributed by atoms with Crippen LogP contribution in [-0.4, -0.2) is 6.21 Å². The van der Waals surface area contributed by atoms with Crippen LogP contribution in [0.4, 0.5) is 18.9 Å². The molecule has 1 nitrogen and oxygen atoms in total. The van der Waals surface area contributed by atoms with Gasteiger partial charge in [-0.1, -0.05) is 6.07 Å². The van der Waals surface area contributed by atoms with Gasteiger partial charge < -0.3 is 0 Å². The quantitative estimate of drug-likeness (QED) is 0.589. The van der Waals surface area contributed by atoms with E-state index < -0.39 is 11.7 Å². The second kappa shape index (κ2) is 2.58. The van der Waals surface area contributed by atoms with E-state index in [-0.39, 0.29) is 0 Å². The van der Waals surface area contributed by atoms with E-state index in [0.717, 1.165) is 17.7 Å². The van der Waals surface area contributed by atoms with Gasteiger partial charge in [-0.3, -0.25) is 4.99 Å². The fourth-order valence-electron chi connectivity index (χ4n) is 1.28. The van der Waals surface area contributed by atoms with Gasteiger partial charge in [0.15, 0.2) is 0 Å². The van der Waals surface area contributed by atoms with E-state index in [1.807, 2.05) is 0 Å². The van der Waals surface area contributed by atoms with Crippen molar-refractivity contribution in [3.63, 3.8) is 0 Å². The van der Waals surface area contributed by atoms with Crippen LogP contribution in [0.25, 0.3) is 0 Å². The highest BCUT2D eigenvalue weighted by Gasteiger charge is 2.31. The van der Waals surface area contributed by atoms with Crippen molar-refractivity contribution in [2.45, 2.75) is 12.6 Å². The SMILES string of the molecule is FC(F)(F)c1ccc2c(c1)N=CC2. The van der Waals surface area contributed by atoms with E-state index in [2.05, 4.69) is 4.99 Å². The maximum absolute atomic E-state index is 12.2. The predicted octanol–water partition coefficient (Wildman–Crippen LogP) is 2.96. The average molecular weight is 185 g/mol. The monoisotopic (exact) mass is 185 g/mol. The number of rotatable bonds is 0. The molecular formula is C9H6F3N. The lowest BCUT2D eigenvalue weighted by Crippen LogP contribution is -2.04. The Morgan fingerprint density at radius 3 is 2.69 bits per heavy atom. The minimum Gasteiger partial charge on any atom is -0.261 e. The molecule has 1 aromatic rings. The fraction of sp³-hybridized carbons (Fsp3) is 0.222. The van der Waals surface area contributed by atoms with Gasteiger partial charge in [0.1, 0.15) is 0 Å². The Morgan fingerprint density at radius 1 is 1.23 bits per heavy atom. The summed E-state index contributed by atoms with van der Waals surface area (Å²) in [7, 11) is 0. The molecule has 0 spiro atoms. The molecule has 1 aliphatic rings. The van der Waals surface area contributed by atoms with Crippen LogP contribution >= 0.6 is 0 Å². The number of nitrogens with zero attached hydrogens (tertiary/aromatic N) is 1. The third-order valence-electron chi connectivity index (χ3n) is 1.95. The van der Waals surface area contributed by atoms with Gasteiger partial charge in [-0.2, -0.15) is 13.2 Å². The standard InChI is InChI=1S/C9H6F3N/c10-9(11,12)7-2-1-6-3-4-13-8(6)5-7/h1-2,4-5H,3H2. The Balaban J connectivity index is 2.47. The molecule has 0 N–H and O–H groups in total. The summed E-state index contributed by atoms with van der Waals surface area (Å²) >= 11 is 0. The third kappa shape index (κ3) is 1.43. The molecule has 13 heavy (non-hydrogen) atoms. The van der Waals surface area contributed by atoms with E-state index in [0.29, 0.717) is 12.1 Å². The van der Waals surface area contributed by atoms with Crippen LogP contribution in [0.2, 0.25) is 0 Å². The molecule has 4 heteroatoms. The van der Waals surface area contributed by atoms with Gasteiger partial charge in [0.2, 0.25) is 0 Å². The normalized spacial score (nSPS) is 14.7. The second-order valence-electron chi connectivity index (χ2n) is 2.86. The smallest absolute Gasteiger partial charge is 0.261 e. The number of benzene rings is 1. The summed E-state index contributed by atoms with van der Waals surface area (Å²) in [4.78, 5) is 3.85. The van der Waals surface area contributed by atoms with Crippen LogP contribution in [0.5, 0.6) is 0 Å². The zero-order valence-corrected chi connectivity index (χ0v) is 6.60. The van der Waals surface area contributed by atoms with Crippen molar-refractivity contribution in [3.05, 3.63) is 29.3 Å². The molecule has 0 bridgehead atoms. The maximum atomic E-state index is 12.2. The molecule has 2 rings (SSSR count). The van der Waals surface area contributed by atoms with Crippen molar-refractivity contribution in [1.82, 2.24) is 0 Å². The Bertz CT molecular complexity index is 366. The van der Waals surface area contributed by atoms with E-state index in [1.54, 1.807) is 6.21 Å². The first-order valence-corrected chi connectivity index (χ1v) is 3.80. The zero-order valence-electron chi connectivity index (χ0n) is 6.60. The lowest BCUT2D eigenvalue weighted by atomic mass is 10.1. The van der Waals surface area contributed by atoms with Gasteiger partial charge in [0.25, 0.3) is 0 Å². The van der Waals surface area contributed by atoms with Crippen molar-refractivity contribution in [2.24, 2.45) is 4.99 Å². The van der Waals surface area contributed by atoms with Gasteiger partial charge in [-0.25, -0.2) is 0 Å². The molecule has 0 aromatic heterocycles. The Kier molecular flexibility index (Phi) is 1.65. The minimum absolute atomic E-state index is 0.440. The van der Waals surface area contributed by atoms with Crippen LogP contribution < -0.4 is 0 Å². The highest BCUT2D eigenvalue weighted by Crippen LogP contribution is 2.34. The zero-order chi connectivity index (χ0) is 9.47. The Hall–Kier alpha value is -1.32. The molecule has 1 aromatic carbocycles. The van der Waals surface area contributed by atoms with Crippen LogP contribution in [-0.2, 0) is 12.6 Å². The first-order valence-electron chi connectivity index (χ1n) is 3.80. The molecule has 0 amide bonds. The number of hydrogen-bond donors (Lipinski definition) is 0. The fourth-order valence-corrected chi connectivity index (χ4v) is 1.28. The molecule has 1 aliphatic heterocycles. The predicted molar refractivity (Wildman–Crippen MR) is 43.3 cm³/mol. The first-order chi connectivity index (χ1) is 6.07. The highest BCUT2D eigenvalue weighted by molar-refractivity contribution is 5.76. The van der Waals surface area contributed by atoms with Gasteiger partial charge >= 0.3 is 6.18 Å². The lowest BCUT2D eigenvalue weighted by molar-refractivity contribution is -0.137. The molecule has 0 atom stereocenters. The van der Waals surface area contributed by atoms with Crippen molar-refractivity contribution >= 4 is 11.9 Å². The van der Waals surface area contributed by atoms with Crippen LogP contribution in [0.1, 0.15) is 11.1 Å². The van der Waals surface area contributed by atoms with E-state index >= 15 is 0 Å². The maximum Gasteiger partial charge on any atom is 0.416 e. The lowest BCUT2D eigenvalue weighted by Gasteiger charge is -2.07. The highest BCUT2D eigenvalue weighted by atomic mass is 19.4. The van der Waals surface area contributed by atoms with Gasteiger partial charge in [-0.15, -0.1) is 0 Å². The van der Waals surface area contributed by atoms with Crippen molar-refractivity contribution in [2.75, 3.05) is 0 Å². The number of halogens is 3. The summed E-state index contributed by atoms with van der Waals surface area (Å²) in [5.74, 6) is 0. The summed E-state index contributed by atoms with van der Waals surface area (Å²) in [6.07, 6.45) is -2.02. The van der Waals surface area contributed by atoms with Crippen molar-refractivity contribution in [3.8, 4) is 0 Å². The van der Waals surface area contributed by atoms with Crippen molar-refractivity contribution < 1.29 is 13.2 Å². The molecule has 0 aliphatic carbocycles. The van der Waals surface area contributed by atoms with Crippen LogP contribution in [0.15, 0.2) is 23.2 Å². The van der Waals surface area contributed by atoms with E-state index in [9.17, 15) is 13.2 Å². The number of fused-ring (bicyclic) bond motifs is 1. The molecule has 0 saturated heterocycles. The van der Waals surface area contributed by atoms with Gasteiger partial charge in [-0.05, 0) is 17.7 Å². The molecule has 68 valence electrons. The molecular weight excluding hydrogens is 179 g/mol. The number of aliphatic imine (C=N–C) groups is 1. The van der Waals surface area contributed by atoms with E-state index in [4.69, 9.17) is 0 Å². The third-order valence-corrected chi connectivity index (χ3v) is 1.95. The first kappa shape index (κ1) is 8.29. The summed E-state index contributed by atoms with van der Waals surface area (Å²) in [5.41, 5.74) is 0.660.